The van der Waals surface area contributed by atoms with Crippen molar-refractivity contribution < 1.29 is 4.39 Å². The summed E-state index contributed by atoms with van der Waals surface area (Å²) in [6, 6.07) is 5.41. The molecule has 1 nitrogen and oxygen atoms in total. The van der Waals surface area contributed by atoms with Crippen molar-refractivity contribution in [1.82, 2.24) is 4.90 Å². The van der Waals surface area contributed by atoms with E-state index in [0.29, 0.717) is 5.41 Å². The first-order valence-electron chi connectivity index (χ1n) is 7.83. The predicted molar refractivity (Wildman–Crippen MR) is 84.1 cm³/mol. The molecule has 0 radical (unpaired) electrons. The molecule has 2 fully saturated rings. The molecule has 0 aromatic heterocycles. The highest BCUT2D eigenvalue weighted by molar-refractivity contribution is 9.10. The Kier molecular flexibility index (Phi) is 4.46. The van der Waals surface area contributed by atoms with Crippen LogP contribution in [0.4, 0.5) is 4.39 Å². The van der Waals surface area contributed by atoms with Crippen LogP contribution in [0.3, 0.4) is 0 Å². The average molecular weight is 340 g/mol. The van der Waals surface area contributed by atoms with Gasteiger partial charge in [0.2, 0.25) is 0 Å². The van der Waals surface area contributed by atoms with Crippen molar-refractivity contribution in [3.8, 4) is 0 Å². The summed E-state index contributed by atoms with van der Waals surface area (Å²) in [7, 11) is 0. The van der Waals surface area contributed by atoms with Crippen LogP contribution in [0.5, 0.6) is 0 Å². The molecule has 1 spiro atoms. The van der Waals surface area contributed by atoms with Gasteiger partial charge in [-0.2, -0.15) is 0 Å². The van der Waals surface area contributed by atoms with Gasteiger partial charge in [0.15, 0.2) is 0 Å². The van der Waals surface area contributed by atoms with Crippen LogP contribution >= 0.6 is 15.9 Å². The minimum atomic E-state index is -0.0858. The van der Waals surface area contributed by atoms with E-state index in [9.17, 15) is 4.39 Å². The Morgan fingerprint density at radius 2 is 1.75 bits per heavy atom. The summed E-state index contributed by atoms with van der Waals surface area (Å²) in [5.41, 5.74) is 1.46. The Hall–Kier alpha value is -0.410. The maximum absolute atomic E-state index is 13.9. The van der Waals surface area contributed by atoms with Crippen molar-refractivity contribution in [3.63, 3.8) is 0 Å². The first-order chi connectivity index (χ1) is 9.67. The molecule has 0 atom stereocenters. The number of rotatable bonds is 2. The van der Waals surface area contributed by atoms with Gasteiger partial charge >= 0.3 is 0 Å². The maximum Gasteiger partial charge on any atom is 0.128 e. The van der Waals surface area contributed by atoms with Gasteiger partial charge in [-0.1, -0.05) is 41.3 Å². The third kappa shape index (κ3) is 3.25. The Morgan fingerprint density at radius 3 is 2.40 bits per heavy atom. The van der Waals surface area contributed by atoms with Crippen LogP contribution < -0.4 is 0 Å². The van der Waals surface area contributed by atoms with E-state index in [0.717, 1.165) is 29.7 Å². The molecule has 3 heteroatoms. The zero-order valence-corrected chi connectivity index (χ0v) is 13.6. The lowest BCUT2D eigenvalue weighted by molar-refractivity contribution is 0.0636. The minimum Gasteiger partial charge on any atom is -0.299 e. The summed E-state index contributed by atoms with van der Waals surface area (Å²) in [6.07, 6.45) is 9.73. The van der Waals surface area contributed by atoms with Gasteiger partial charge in [-0.15, -0.1) is 0 Å². The molecule has 1 aliphatic carbocycles. The van der Waals surface area contributed by atoms with Gasteiger partial charge in [-0.05, 0) is 56.3 Å². The van der Waals surface area contributed by atoms with E-state index in [1.165, 1.54) is 44.9 Å². The highest BCUT2D eigenvalue weighted by atomic mass is 79.9. The van der Waals surface area contributed by atoms with E-state index in [1.54, 1.807) is 6.07 Å². The van der Waals surface area contributed by atoms with E-state index in [1.807, 2.05) is 12.1 Å². The zero-order valence-electron chi connectivity index (χ0n) is 12.0. The summed E-state index contributed by atoms with van der Waals surface area (Å²) in [5, 5.41) is 0. The molecule has 110 valence electrons. The molecule has 0 amide bonds. The number of hydrogen-bond donors (Lipinski definition) is 0. The Labute approximate surface area is 129 Å². The number of likely N-dealkylation sites (tertiary alicyclic amines) is 1. The van der Waals surface area contributed by atoms with Crippen LogP contribution in [0, 0.1) is 11.2 Å². The fourth-order valence-electron chi connectivity index (χ4n) is 3.88. The molecular formula is C17H23BrFN. The van der Waals surface area contributed by atoms with E-state index in [2.05, 4.69) is 20.8 Å². The van der Waals surface area contributed by atoms with E-state index < -0.39 is 0 Å². The monoisotopic (exact) mass is 339 g/mol. The number of hydrogen-bond acceptors (Lipinski definition) is 1. The fraction of sp³-hybridized carbons (Fsp3) is 0.647. The molecule has 2 aliphatic rings. The quantitative estimate of drug-likeness (QED) is 0.721. The third-order valence-electron chi connectivity index (χ3n) is 5.24. The molecule has 1 aromatic carbocycles. The molecule has 3 rings (SSSR count). The van der Waals surface area contributed by atoms with Gasteiger partial charge in [0.25, 0.3) is 0 Å². The third-order valence-corrected chi connectivity index (χ3v) is 5.73. The maximum atomic E-state index is 13.9. The van der Waals surface area contributed by atoms with Gasteiger partial charge in [0, 0.05) is 16.6 Å². The summed E-state index contributed by atoms with van der Waals surface area (Å²) in [5.74, 6) is -0.0858. The molecule has 0 N–H and O–H groups in total. The normalized spacial score (nSPS) is 23.1. The minimum absolute atomic E-state index is 0.0858. The predicted octanol–water partition coefficient (Wildman–Crippen LogP) is 5.13. The molecule has 0 bridgehead atoms. The lowest BCUT2D eigenvalue weighted by Gasteiger charge is -2.44. The Balaban J connectivity index is 1.58. The smallest absolute Gasteiger partial charge is 0.128 e. The second-order valence-electron chi connectivity index (χ2n) is 6.57. The number of benzene rings is 1. The van der Waals surface area contributed by atoms with Crippen LogP contribution in [0.2, 0.25) is 0 Å². The van der Waals surface area contributed by atoms with Gasteiger partial charge in [-0.3, -0.25) is 4.90 Å². The van der Waals surface area contributed by atoms with Crippen molar-refractivity contribution in [1.29, 1.82) is 0 Å². The molecule has 0 unspecified atom stereocenters. The molecule has 1 aliphatic heterocycles. The van der Waals surface area contributed by atoms with E-state index >= 15 is 0 Å². The largest absolute Gasteiger partial charge is 0.299 e. The number of halogens is 2. The summed E-state index contributed by atoms with van der Waals surface area (Å²) in [4.78, 5) is 2.42. The molecule has 1 heterocycles. The second kappa shape index (κ2) is 6.15. The van der Waals surface area contributed by atoms with Gasteiger partial charge < -0.3 is 0 Å². The van der Waals surface area contributed by atoms with Gasteiger partial charge in [-0.25, -0.2) is 4.39 Å². The van der Waals surface area contributed by atoms with Crippen LogP contribution in [-0.4, -0.2) is 18.0 Å². The number of piperidine rings is 1. The highest BCUT2D eigenvalue weighted by Gasteiger charge is 2.35. The lowest BCUT2D eigenvalue weighted by atomic mass is 9.68. The van der Waals surface area contributed by atoms with Crippen LogP contribution in [-0.2, 0) is 6.54 Å². The highest BCUT2D eigenvalue weighted by Crippen LogP contribution is 2.44. The molecule has 1 aromatic rings. The second-order valence-corrected chi connectivity index (χ2v) is 7.49. The molecular weight excluding hydrogens is 317 g/mol. The summed E-state index contributed by atoms with van der Waals surface area (Å²) < 4.78 is 14.7. The zero-order chi connectivity index (χ0) is 14.0. The molecule has 1 saturated carbocycles. The van der Waals surface area contributed by atoms with Crippen LogP contribution in [0.1, 0.15) is 50.5 Å². The van der Waals surface area contributed by atoms with Crippen LogP contribution in [0.25, 0.3) is 0 Å². The molecule has 20 heavy (non-hydrogen) atoms. The Morgan fingerprint density at radius 1 is 1.05 bits per heavy atom. The fourth-order valence-corrected chi connectivity index (χ4v) is 4.21. The van der Waals surface area contributed by atoms with E-state index in [-0.39, 0.29) is 5.82 Å². The van der Waals surface area contributed by atoms with Crippen LogP contribution in [0.15, 0.2) is 22.7 Å². The average Bonchev–Trinajstić information content (AvgIpc) is 2.45. The topological polar surface area (TPSA) is 3.24 Å². The van der Waals surface area contributed by atoms with Gasteiger partial charge in [0.05, 0.1) is 0 Å². The SMILES string of the molecule is Fc1cc(Br)ccc1CN1CCC2(CCCCC2)CC1. The van der Waals surface area contributed by atoms with Crippen molar-refractivity contribution in [2.24, 2.45) is 5.41 Å². The van der Waals surface area contributed by atoms with Crippen molar-refractivity contribution in [2.45, 2.75) is 51.5 Å². The standard InChI is InChI=1S/C17H23BrFN/c18-15-5-4-14(16(19)12-15)13-20-10-8-17(9-11-20)6-2-1-3-7-17/h4-5,12H,1-3,6-11,13H2. The molecule has 1 saturated heterocycles. The van der Waals surface area contributed by atoms with E-state index in [4.69, 9.17) is 0 Å². The Bertz CT molecular complexity index is 458. The number of nitrogens with zero attached hydrogens (tertiary/aromatic N) is 1. The first-order valence-corrected chi connectivity index (χ1v) is 8.63. The van der Waals surface area contributed by atoms with Crippen molar-refractivity contribution >= 4 is 15.9 Å². The summed E-state index contributed by atoms with van der Waals surface area (Å²) in [6.45, 7) is 3.03. The first kappa shape index (κ1) is 14.5. The van der Waals surface area contributed by atoms with Crippen molar-refractivity contribution in [3.05, 3.63) is 34.1 Å². The summed E-state index contributed by atoms with van der Waals surface area (Å²) >= 11 is 3.32. The van der Waals surface area contributed by atoms with Crippen molar-refractivity contribution in [2.75, 3.05) is 13.1 Å². The van der Waals surface area contributed by atoms with Gasteiger partial charge in [0.1, 0.15) is 5.82 Å². The lowest BCUT2D eigenvalue weighted by Crippen LogP contribution is -2.40.